The number of Topliss-reactive ketones (excluding diaryl/α,β-unsaturated/α-hetero) is 1. The highest BCUT2D eigenvalue weighted by molar-refractivity contribution is 7.99. The van der Waals surface area contributed by atoms with E-state index in [0.29, 0.717) is 5.16 Å². The van der Waals surface area contributed by atoms with Crippen molar-refractivity contribution in [1.29, 1.82) is 0 Å². The second-order valence-electron chi connectivity index (χ2n) is 9.22. The van der Waals surface area contributed by atoms with Gasteiger partial charge in [0.1, 0.15) is 4.83 Å². The van der Waals surface area contributed by atoms with E-state index in [1.165, 1.54) is 27.8 Å². The summed E-state index contributed by atoms with van der Waals surface area (Å²) in [7, 11) is 0. The average Bonchev–Trinajstić information content (AvgIpc) is 3.19. The third kappa shape index (κ3) is 4.14. The summed E-state index contributed by atoms with van der Waals surface area (Å²) >= 11 is 3.00. The number of nitrogens with zero attached hydrogens (tertiary/aromatic N) is 2. The maximum Gasteiger partial charge on any atom is 0.267 e. The molecular formula is C28H28N2O2S2. The van der Waals surface area contributed by atoms with Crippen LogP contribution in [-0.4, -0.2) is 21.1 Å². The summed E-state index contributed by atoms with van der Waals surface area (Å²) in [6, 6.07) is 12.0. The first kappa shape index (κ1) is 23.1. The van der Waals surface area contributed by atoms with Gasteiger partial charge in [0.2, 0.25) is 0 Å². The fourth-order valence-corrected chi connectivity index (χ4v) is 6.82. The molecule has 0 atom stereocenters. The maximum atomic E-state index is 13.9. The predicted molar refractivity (Wildman–Crippen MR) is 142 cm³/mol. The Bertz CT molecular complexity index is 1500. The fourth-order valence-electron chi connectivity index (χ4n) is 4.62. The monoisotopic (exact) mass is 488 g/mol. The van der Waals surface area contributed by atoms with Gasteiger partial charge in [-0.15, -0.1) is 11.3 Å². The van der Waals surface area contributed by atoms with E-state index >= 15 is 0 Å². The summed E-state index contributed by atoms with van der Waals surface area (Å²) in [6.45, 7) is 8.08. The minimum Gasteiger partial charge on any atom is -0.293 e. The molecule has 0 radical (unpaired) electrons. The second-order valence-corrected chi connectivity index (χ2v) is 11.3. The largest absolute Gasteiger partial charge is 0.293 e. The number of hydrogen-bond acceptors (Lipinski definition) is 5. The van der Waals surface area contributed by atoms with Gasteiger partial charge in [0.05, 0.1) is 16.8 Å². The molecule has 4 aromatic rings. The van der Waals surface area contributed by atoms with Crippen LogP contribution in [0.15, 0.2) is 46.3 Å². The zero-order valence-electron chi connectivity index (χ0n) is 20.0. The quantitative estimate of drug-likeness (QED) is 0.182. The second kappa shape index (κ2) is 9.16. The first-order valence-corrected chi connectivity index (χ1v) is 13.5. The molecule has 0 N–H and O–H groups in total. The molecule has 4 nitrogen and oxygen atoms in total. The molecule has 1 aliphatic carbocycles. The summed E-state index contributed by atoms with van der Waals surface area (Å²) < 4.78 is 1.72. The fraction of sp³-hybridized carbons (Fsp3) is 0.321. The van der Waals surface area contributed by atoms with Crippen molar-refractivity contribution in [1.82, 2.24) is 9.55 Å². The van der Waals surface area contributed by atoms with Crippen molar-refractivity contribution in [3.8, 4) is 5.69 Å². The molecule has 1 aliphatic rings. The van der Waals surface area contributed by atoms with Crippen molar-refractivity contribution in [2.24, 2.45) is 0 Å². The number of hydrogen-bond donors (Lipinski definition) is 0. The maximum absolute atomic E-state index is 13.9. The molecule has 0 saturated carbocycles. The van der Waals surface area contributed by atoms with Crippen molar-refractivity contribution in [2.45, 2.75) is 58.5 Å². The minimum atomic E-state index is -0.0191. The van der Waals surface area contributed by atoms with Crippen LogP contribution in [0.1, 0.15) is 55.9 Å². The number of thioether (sulfide) groups is 1. The SMILES string of the molecule is Cc1ccc(C)c(C(=O)CSc2nc3sc4c(c3c(=O)n2-c2ccc(C)c(C)c2)CCCC4)c1. The number of carbonyl (C=O) groups excluding carboxylic acids is 1. The summed E-state index contributed by atoms with van der Waals surface area (Å²) in [6.07, 6.45) is 4.24. The summed E-state index contributed by atoms with van der Waals surface area (Å²) in [4.78, 5) is 34.1. The number of ketones is 1. The number of aromatic nitrogens is 2. The Morgan fingerprint density at radius 3 is 2.56 bits per heavy atom. The van der Waals surface area contributed by atoms with Crippen molar-refractivity contribution < 1.29 is 4.79 Å². The topological polar surface area (TPSA) is 52.0 Å². The zero-order valence-corrected chi connectivity index (χ0v) is 21.7. The van der Waals surface area contributed by atoms with Crippen LogP contribution in [0.4, 0.5) is 0 Å². The highest BCUT2D eigenvalue weighted by atomic mass is 32.2. The number of aryl methyl sites for hydroxylation is 6. The Hall–Kier alpha value is -2.70. The summed E-state index contributed by atoms with van der Waals surface area (Å²) in [5, 5.41) is 1.35. The molecule has 174 valence electrons. The smallest absolute Gasteiger partial charge is 0.267 e. The van der Waals surface area contributed by atoms with Gasteiger partial charge in [0.25, 0.3) is 5.56 Å². The Kier molecular flexibility index (Phi) is 6.21. The van der Waals surface area contributed by atoms with Crippen LogP contribution in [0.2, 0.25) is 0 Å². The van der Waals surface area contributed by atoms with Gasteiger partial charge in [0.15, 0.2) is 10.9 Å². The van der Waals surface area contributed by atoms with E-state index in [2.05, 4.69) is 13.8 Å². The highest BCUT2D eigenvalue weighted by Crippen LogP contribution is 2.35. The number of carbonyl (C=O) groups is 1. The molecule has 2 aromatic heterocycles. The molecule has 5 rings (SSSR count). The number of benzene rings is 2. The molecule has 2 heterocycles. The number of rotatable bonds is 5. The number of fused-ring (bicyclic) bond motifs is 3. The molecule has 0 spiro atoms. The van der Waals surface area contributed by atoms with Crippen LogP contribution in [0, 0.1) is 27.7 Å². The highest BCUT2D eigenvalue weighted by Gasteiger charge is 2.23. The Morgan fingerprint density at radius 2 is 1.76 bits per heavy atom. The van der Waals surface area contributed by atoms with Gasteiger partial charge in [-0.3, -0.25) is 14.2 Å². The van der Waals surface area contributed by atoms with Gasteiger partial charge >= 0.3 is 0 Å². The lowest BCUT2D eigenvalue weighted by molar-refractivity contribution is 0.102. The first-order chi connectivity index (χ1) is 16.3. The zero-order chi connectivity index (χ0) is 24.0. The van der Waals surface area contributed by atoms with E-state index in [4.69, 9.17) is 4.98 Å². The van der Waals surface area contributed by atoms with E-state index in [1.807, 2.05) is 50.2 Å². The molecule has 0 bridgehead atoms. The van der Waals surface area contributed by atoms with Crippen molar-refractivity contribution in [3.63, 3.8) is 0 Å². The molecule has 34 heavy (non-hydrogen) atoms. The van der Waals surface area contributed by atoms with Crippen LogP contribution in [-0.2, 0) is 12.8 Å². The standard InChI is InChI=1S/C28H28N2O2S2/c1-16-9-10-18(3)22(13-16)23(31)15-33-28-29-26-25(21-7-5-6-8-24(21)34-26)27(32)30(28)20-12-11-17(2)19(4)14-20/h9-14H,5-8,15H2,1-4H3. The van der Waals surface area contributed by atoms with Gasteiger partial charge < -0.3 is 0 Å². The molecule has 6 heteroatoms. The Balaban J connectivity index is 1.62. The third-order valence-corrected chi connectivity index (χ3v) is 8.86. The van der Waals surface area contributed by atoms with Crippen molar-refractivity contribution in [2.75, 3.05) is 5.75 Å². The van der Waals surface area contributed by atoms with Gasteiger partial charge in [-0.1, -0.05) is 35.5 Å². The van der Waals surface area contributed by atoms with E-state index < -0.39 is 0 Å². The van der Waals surface area contributed by atoms with E-state index in [0.717, 1.165) is 63.8 Å². The summed E-state index contributed by atoms with van der Waals surface area (Å²) in [5.74, 6) is 0.288. The van der Waals surface area contributed by atoms with E-state index in [-0.39, 0.29) is 17.1 Å². The average molecular weight is 489 g/mol. The molecular weight excluding hydrogens is 460 g/mol. The molecule has 2 aromatic carbocycles. The van der Waals surface area contributed by atoms with Crippen LogP contribution in [0.5, 0.6) is 0 Å². The van der Waals surface area contributed by atoms with Gasteiger partial charge in [-0.25, -0.2) is 4.98 Å². The Labute approximate surface area is 208 Å². The lowest BCUT2D eigenvalue weighted by Crippen LogP contribution is -2.23. The molecule has 0 amide bonds. The molecule has 0 fully saturated rings. The van der Waals surface area contributed by atoms with Gasteiger partial charge in [-0.2, -0.15) is 0 Å². The third-order valence-electron chi connectivity index (χ3n) is 6.73. The van der Waals surface area contributed by atoms with Crippen LogP contribution >= 0.6 is 23.1 Å². The number of thiophene rings is 1. The van der Waals surface area contributed by atoms with Crippen molar-refractivity contribution >= 4 is 39.1 Å². The van der Waals surface area contributed by atoms with E-state index in [9.17, 15) is 9.59 Å². The molecule has 0 unspecified atom stereocenters. The first-order valence-electron chi connectivity index (χ1n) is 11.7. The lowest BCUT2D eigenvalue weighted by Gasteiger charge is -2.15. The van der Waals surface area contributed by atoms with E-state index in [1.54, 1.807) is 15.9 Å². The minimum absolute atomic E-state index is 0.0191. The van der Waals surface area contributed by atoms with Crippen LogP contribution in [0.3, 0.4) is 0 Å². The van der Waals surface area contributed by atoms with Crippen LogP contribution < -0.4 is 5.56 Å². The summed E-state index contributed by atoms with van der Waals surface area (Å²) in [5.41, 5.74) is 7.04. The van der Waals surface area contributed by atoms with Gasteiger partial charge in [0, 0.05) is 10.4 Å². The lowest BCUT2D eigenvalue weighted by atomic mass is 9.97. The predicted octanol–water partition coefficient (Wildman–Crippen LogP) is 6.53. The molecule has 0 aliphatic heterocycles. The van der Waals surface area contributed by atoms with Gasteiger partial charge in [-0.05, 0) is 93.8 Å². The van der Waals surface area contributed by atoms with Crippen molar-refractivity contribution in [3.05, 3.63) is 85.0 Å². The molecule has 0 saturated heterocycles. The Morgan fingerprint density at radius 1 is 1.00 bits per heavy atom. The van der Waals surface area contributed by atoms with Crippen LogP contribution in [0.25, 0.3) is 15.9 Å². The normalized spacial score (nSPS) is 13.3.